The first kappa shape index (κ1) is 14.0. The van der Waals surface area contributed by atoms with E-state index in [9.17, 15) is 4.79 Å². The summed E-state index contributed by atoms with van der Waals surface area (Å²) in [7, 11) is 0. The predicted octanol–water partition coefficient (Wildman–Crippen LogP) is 0.906. The van der Waals surface area contributed by atoms with Gasteiger partial charge in [-0.05, 0) is 25.8 Å². The van der Waals surface area contributed by atoms with E-state index in [1.165, 1.54) is 12.8 Å². The van der Waals surface area contributed by atoms with Crippen LogP contribution >= 0.6 is 0 Å². The third-order valence-electron chi connectivity index (χ3n) is 3.37. The Morgan fingerprint density at radius 2 is 2.00 bits per heavy atom. The van der Waals surface area contributed by atoms with Crippen molar-refractivity contribution in [2.45, 2.75) is 44.9 Å². The molecule has 0 bridgehead atoms. The third-order valence-corrected chi connectivity index (χ3v) is 3.37. The van der Waals surface area contributed by atoms with Crippen molar-refractivity contribution in [3.8, 4) is 0 Å². The maximum atomic E-state index is 12.1. The van der Waals surface area contributed by atoms with E-state index in [0.717, 1.165) is 32.4 Å². The number of aryl methyl sites for hydroxylation is 1. The highest BCUT2D eigenvalue weighted by Gasteiger charge is 2.18. The molecule has 0 atom stereocenters. The van der Waals surface area contributed by atoms with Gasteiger partial charge in [-0.2, -0.15) is 4.98 Å². The van der Waals surface area contributed by atoms with Gasteiger partial charge in [-0.3, -0.25) is 4.79 Å². The number of carbonyl (C=O) groups is 1. The van der Waals surface area contributed by atoms with Crippen molar-refractivity contribution in [1.82, 2.24) is 15.0 Å². The molecule has 0 aliphatic carbocycles. The molecule has 0 unspecified atom stereocenters. The zero-order valence-electron chi connectivity index (χ0n) is 11.3. The molecule has 6 heteroatoms. The average molecular weight is 266 g/mol. The van der Waals surface area contributed by atoms with Crippen molar-refractivity contribution < 1.29 is 9.32 Å². The van der Waals surface area contributed by atoms with Gasteiger partial charge in [0.2, 0.25) is 11.8 Å². The van der Waals surface area contributed by atoms with Gasteiger partial charge < -0.3 is 15.2 Å². The number of carbonyl (C=O) groups excluding carboxylic acids is 1. The highest BCUT2D eigenvalue weighted by atomic mass is 16.5. The van der Waals surface area contributed by atoms with Crippen molar-refractivity contribution in [1.29, 1.82) is 0 Å². The molecule has 1 fully saturated rings. The Labute approximate surface area is 113 Å². The third kappa shape index (κ3) is 4.31. The van der Waals surface area contributed by atoms with Gasteiger partial charge in [0.25, 0.3) is 0 Å². The smallest absolute Gasteiger partial charge is 0.230 e. The predicted molar refractivity (Wildman–Crippen MR) is 70.4 cm³/mol. The zero-order chi connectivity index (χ0) is 13.5. The highest BCUT2D eigenvalue weighted by Crippen LogP contribution is 2.11. The highest BCUT2D eigenvalue weighted by molar-refractivity contribution is 5.77. The second-order valence-corrected chi connectivity index (χ2v) is 4.97. The van der Waals surface area contributed by atoms with Crippen molar-refractivity contribution in [2.24, 2.45) is 5.73 Å². The summed E-state index contributed by atoms with van der Waals surface area (Å²) in [5.41, 5.74) is 5.43. The Hall–Kier alpha value is -1.43. The minimum absolute atomic E-state index is 0.105. The lowest BCUT2D eigenvalue weighted by atomic mass is 10.2. The molecule has 1 aliphatic heterocycles. The van der Waals surface area contributed by atoms with Gasteiger partial charge in [-0.25, -0.2) is 0 Å². The van der Waals surface area contributed by atoms with Gasteiger partial charge in [0, 0.05) is 19.5 Å². The maximum absolute atomic E-state index is 12.1. The van der Waals surface area contributed by atoms with Crippen LogP contribution in [0.5, 0.6) is 0 Å². The molecule has 1 saturated heterocycles. The number of likely N-dealkylation sites (tertiary alicyclic amines) is 1. The van der Waals surface area contributed by atoms with Gasteiger partial charge >= 0.3 is 0 Å². The molecule has 6 nitrogen and oxygen atoms in total. The van der Waals surface area contributed by atoms with Crippen LogP contribution in [0.3, 0.4) is 0 Å². The lowest BCUT2D eigenvalue weighted by Crippen LogP contribution is -2.33. The van der Waals surface area contributed by atoms with E-state index in [-0.39, 0.29) is 12.3 Å². The molecule has 1 aromatic heterocycles. The monoisotopic (exact) mass is 266 g/mol. The lowest BCUT2D eigenvalue weighted by molar-refractivity contribution is -0.130. The van der Waals surface area contributed by atoms with Gasteiger partial charge in [0.1, 0.15) is 0 Å². The van der Waals surface area contributed by atoms with Crippen LogP contribution in [0.15, 0.2) is 4.52 Å². The van der Waals surface area contributed by atoms with E-state index in [2.05, 4.69) is 10.1 Å². The molecule has 2 N–H and O–H groups in total. The fraction of sp³-hybridized carbons (Fsp3) is 0.769. The summed E-state index contributed by atoms with van der Waals surface area (Å²) in [4.78, 5) is 18.3. The molecule has 0 aromatic carbocycles. The fourth-order valence-corrected chi connectivity index (χ4v) is 2.28. The lowest BCUT2D eigenvalue weighted by Gasteiger charge is -2.19. The van der Waals surface area contributed by atoms with Gasteiger partial charge in [-0.1, -0.05) is 18.0 Å². The van der Waals surface area contributed by atoms with E-state index >= 15 is 0 Å². The van der Waals surface area contributed by atoms with Crippen LogP contribution in [-0.4, -0.2) is 40.6 Å². The Bertz CT molecular complexity index is 397. The van der Waals surface area contributed by atoms with Crippen LogP contribution in [0.4, 0.5) is 0 Å². The fourth-order valence-electron chi connectivity index (χ4n) is 2.28. The van der Waals surface area contributed by atoms with Gasteiger partial charge in [0.15, 0.2) is 5.82 Å². The Morgan fingerprint density at radius 1 is 1.26 bits per heavy atom. The van der Waals surface area contributed by atoms with Crippen LogP contribution in [0.2, 0.25) is 0 Å². The average Bonchev–Trinajstić information content (AvgIpc) is 2.68. The molecule has 19 heavy (non-hydrogen) atoms. The van der Waals surface area contributed by atoms with Crippen molar-refractivity contribution in [3.05, 3.63) is 11.7 Å². The quantitative estimate of drug-likeness (QED) is 0.856. The van der Waals surface area contributed by atoms with E-state index in [1.807, 2.05) is 4.90 Å². The molecular weight excluding hydrogens is 244 g/mol. The number of hydrogen-bond donors (Lipinski definition) is 1. The van der Waals surface area contributed by atoms with Gasteiger partial charge in [0.05, 0.1) is 6.42 Å². The SMILES string of the molecule is NCCCc1nc(CC(=O)N2CCCCCC2)no1. The number of amides is 1. The van der Waals surface area contributed by atoms with Crippen molar-refractivity contribution in [2.75, 3.05) is 19.6 Å². The second-order valence-electron chi connectivity index (χ2n) is 4.97. The molecular formula is C13H22N4O2. The molecule has 0 saturated carbocycles. The van der Waals surface area contributed by atoms with Crippen molar-refractivity contribution in [3.63, 3.8) is 0 Å². The second kappa shape index (κ2) is 7.23. The zero-order valence-corrected chi connectivity index (χ0v) is 11.3. The van der Waals surface area contributed by atoms with E-state index < -0.39 is 0 Å². The molecule has 0 spiro atoms. The summed E-state index contributed by atoms with van der Waals surface area (Å²) in [5, 5.41) is 3.85. The molecule has 1 aliphatic rings. The minimum atomic E-state index is 0.105. The van der Waals surface area contributed by atoms with Gasteiger partial charge in [-0.15, -0.1) is 0 Å². The Kier molecular flexibility index (Phi) is 5.32. The summed E-state index contributed by atoms with van der Waals surface area (Å²) in [5.74, 6) is 1.17. The van der Waals surface area contributed by atoms with E-state index in [4.69, 9.17) is 10.3 Å². The Balaban J connectivity index is 1.85. The summed E-state index contributed by atoms with van der Waals surface area (Å²) >= 11 is 0. The number of nitrogens with zero attached hydrogens (tertiary/aromatic N) is 3. The molecule has 2 rings (SSSR count). The number of hydrogen-bond acceptors (Lipinski definition) is 5. The largest absolute Gasteiger partial charge is 0.342 e. The first-order chi connectivity index (χ1) is 9.29. The summed E-state index contributed by atoms with van der Waals surface area (Å²) in [6.07, 6.45) is 6.37. The summed E-state index contributed by atoms with van der Waals surface area (Å²) in [6.45, 7) is 2.32. The van der Waals surface area contributed by atoms with Crippen LogP contribution in [0.1, 0.15) is 43.8 Å². The van der Waals surface area contributed by atoms with Crippen LogP contribution in [0, 0.1) is 0 Å². The number of aromatic nitrogens is 2. The molecule has 106 valence electrons. The van der Waals surface area contributed by atoms with Crippen molar-refractivity contribution >= 4 is 5.91 Å². The first-order valence-corrected chi connectivity index (χ1v) is 7.09. The summed E-state index contributed by atoms with van der Waals surface area (Å²) < 4.78 is 5.09. The maximum Gasteiger partial charge on any atom is 0.230 e. The molecule has 0 radical (unpaired) electrons. The summed E-state index contributed by atoms with van der Waals surface area (Å²) in [6, 6.07) is 0. The van der Waals surface area contributed by atoms with Crippen LogP contribution in [-0.2, 0) is 17.6 Å². The van der Waals surface area contributed by atoms with E-state index in [1.54, 1.807) is 0 Å². The number of nitrogens with two attached hydrogens (primary N) is 1. The number of rotatable bonds is 5. The first-order valence-electron chi connectivity index (χ1n) is 7.09. The minimum Gasteiger partial charge on any atom is -0.342 e. The Morgan fingerprint density at radius 3 is 2.68 bits per heavy atom. The molecule has 1 amide bonds. The van der Waals surface area contributed by atoms with Crippen LogP contribution < -0.4 is 5.73 Å². The standard InChI is InChI=1S/C13H22N4O2/c14-7-5-6-12-15-11(16-19-12)10-13(18)17-8-3-1-2-4-9-17/h1-10,14H2. The molecule has 2 heterocycles. The van der Waals surface area contributed by atoms with Crippen LogP contribution in [0.25, 0.3) is 0 Å². The molecule has 1 aromatic rings. The topological polar surface area (TPSA) is 85.2 Å². The normalized spacial score (nSPS) is 16.4. The van der Waals surface area contributed by atoms with E-state index in [0.29, 0.717) is 24.7 Å².